The smallest absolute Gasteiger partial charge is 0.416 e. The number of aliphatic carboxylic acids is 1. The number of benzene rings is 1. The fraction of sp³-hybridized carbons (Fsp3) is 0.333. The maximum Gasteiger partial charge on any atom is 0.416 e. The molecule has 1 amide bonds. The monoisotopic (exact) mass is 397 g/mol. The number of hydrogen-bond donors (Lipinski definition) is 2. The number of carboxylic acids is 1. The van der Waals surface area contributed by atoms with Crippen LogP contribution in [0.3, 0.4) is 0 Å². The van der Waals surface area contributed by atoms with Crippen LogP contribution in [0.2, 0.25) is 0 Å². The maximum atomic E-state index is 12.9. The van der Waals surface area contributed by atoms with Crippen molar-refractivity contribution in [3.05, 3.63) is 57.5 Å². The third-order valence-corrected chi connectivity index (χ3v) is 3.87. The van der Waals surface area contributed by atoms with Crippen LogP contribution in [0.5, 0.6) is 0 Å². The molecule has 0 radical (unpaired) electrons. The quantitative estimate of drug-likeness (QED) is 0.780. The fourth-order valence-electron chi connectivity index (χ4n) is 2.50. The minimum Gasteiger partial charge on any atom is -0.481 e. The van der Waals surface area contributed by atoms with Gasteiger partial charge in [0.25, 0.3) is 5.91 Å². The van der Waals surface area contributed by atoms with Crippen molar-refractivity contribution in [2.24, 2.45) is 5.92 Å². The molecule has 1 aromatic heterocycles. The molecule has 2 rings (SSSR count). The van der Waals surface area contributed by atoms with Gasteiger partial charge in [-0.3, -0.25) is 14.4 Å². The summed E-state index contributed by atoms with van der Waals surface area (Å²) in [6.45, 7) is 3.09. The maximum absolute atomic E-state index is 12.9. The normalized spacial score (nSPS) is 12.5. The molecule has 7 nitrogen and oxygen atoms in total. The number of aryl methyl sites for hydroxylation is 1. The summed E-state index contributed by atoms with van der Waals surface area (Å²) in [6.07, 6.45) is -4.72. The number of alkyl halides is 3. The van der Waals surface area contributed by atoms with Crippen LogP contribution in [0.1, 0.15) is 35.1 Å². The van der Waals surface area contributed by atoms with Gasteiger partial charge < -0.3 is 10.4 Å². The third kappa shape index (κ3) is 5.18. The lowest BCUT2D eigenvalue weighted by Crippen LogP contribution is -2.34. The highest BCUT2D eigenvalue weighted by Gasteiger charge is 2.30. The minimum absolute atomic E-state index is 0.00366. The number of amides is 1. The number of carbonyl (C=O) groups is 2. The zero-order valence-corrected chi connectivity index (χ0v) is 15.1. The summed E-state index contributed by atoms with van der Waals surface area (Å²) in [7, 11) is 0. The standard InChI is InChI=1S/C18H18F3N3O4/c1-10(6-15(26)27)9-22-17(28)16-14(25)7-11(2)24(23-16)13-5-3-4-12(8-13)18(19,20)21/h3-5,7-8,10H,6,9H2,1-2H3,(H,22,28)(H,26,27). The van der Waals surface area contributed by atoms with Crippen molar-refractivity contribution in [3.63, 3.8) is 0 Å². The number of carbonyl (C=O) groups excluding carboxylic acids is 1. The second-order valence-electron chi connectivity index (χ2n) is 6.37. The number of rotatable bonds is 6. The van der Waals surface area contributed by atoms with E-state index in [4.69, 9.17) is 5.11 Å². The number of nitrogens with one attached hydrogen (secondary N) is 1. The first-order valence-electron chi connectivity index (χ1n) is 8.27. The minimum atomic E-state index is -4.55. The van der Waals surface area contributed by atoms with Gasteiger partial charge in [0.15, 0.2) is 5.69 Å². The zero-order chi connectivity index (χ0) is 21.1. The van der Waals surface area contributed by atoms with Crippen molar-refractivity contribution in [1.82, 2.24) is 15.1 Å². The predicted molar refractivity (Wildman–Crippen MR) is 93.3 cm³/mol. The Balaban J connectivity index is 2.34. The van der Waals surface area contributed by atoms with E-state index in [9.17, 15) is 27.6 Å². The number of hydrogen-bond acceptors (Lipinski definition) is 4. The summed E-state index contributed by atoms with van der Waals surface area (Å²) in [5.41, 5.74) is -1.78. The van der Waals surface area contributed by atoms with Gasteiger partial charge in [-0.1, -0.05) is 13.0 Å². The number of aromatic nitrogens is 2. The molecule has 10 heteroatoms. The Morgan fingerprint density at radius 2 is 1.96 bits per heavy atom. The fourth-order valence-corrected chi connectivity index (χ4v) is 2.50. The third-order valence-electron chi connectivity index (χ3n) is 3.87. The topological polar surface area (TPSA) is 101 Å². The molecule has 0 saturated heterocycles. The molecule has 0 aliphatic rings. The van der Waals surface area contributed by atoms with Gasteiger partial charge in [-0.25, -0.2) is 4.68 Å². The zero-order valence-electron chi connectivity index (χ0n) is 15.1. The molecular formula is C18H18F3N3O4. The van der Waals surface area contributed by atoms with Crippen molar-refractivity contribution in [2.45, 2.75) is 26.4 Å². The van der Waals surface area contributed by atoms with Crippen molar-refractivity contribution >= 4 is 11.9 Å². The van der Waals surface area contributed by atoms with E-state index in [-0.39, 0.29) is 30.3 Å². The Bertz CT molecular complexity index is 954. The molecule has 1 aromatic carbocycles. The van der Waals surface area contributed by atoms with E-state index in [2.05, 4.69) is 10.4 Å². The Hall–Kier alpha value is -3.17. The van der Waals surface area contributed by atoms with E-state index in [1.165, 1.54) is 19.1 Å². The van der Waals surface area contributed by atoms with E-state index in [1.54, 1.807) is 6.92 Å². The molecule has 2 aromatic rings. The van der Waals surface area contributed by atoms with Gasteiger partial charge in [0.1, 0.15) is 0 Å². The first-order chi connectivity index (χ1) is 13.0. The largest absolute Gasteiger partial charge is 0.481 e. The lowest BCUT2D eigenvalue weighted by Gasteiger charge is -2.14. The van der Waals surface area contributed by atoms with E-state index in [1.807, 2.05) is 0 Å². The lowest BCUT2D eigenvalue weighted by molar-refractivity contribution is -0.138. The first-order valence-corrected chi connectivity index (χ1v) is 8.27. The highest BCUT2D eigenvalue weighted by atomic mass is 19.4. The Kier molecular flexibility index (Phi) is 6.22. The Morgan fingerprint density at radius 3 is 2.57 bits per heavy atom. The summed E-state index contributed by atoms with van der Waals surface area (Å²) < 4.78 is 39.9. The average molecular weight is 397 g/mol. The number of carboxylic acid groups (broad SMARTS) is 1. The molecule has 0 spiro atoms. The van der Waals surface area contributed by atoms with Crippen LogP contribution < -0.4 is 10.7 Å². The summed E-state index contributed by atoms with van der Waals surface area (Å²) in [5, 5.41) is 15.1. The van der Waals surface area contributed by atoms with Crippen LogP contribution in [-0.4, -0.2) is 33.3 Å². The molecule has 1 heterocycles. The highest BCUT2D eigenvalue weighted by Crippen LogP contribution is 2.30. The number of halogens is 3. The van der Waals surface area contributed by atoms with Crippen LogP contribution in [-0.2, 0) is 11.0 Å². The second-order valence-corrected chi connectivity index (χ2v) is 6.37. The summed E-state index contributed by atoms with van der Waals surface area (Å²) in [4.78, 5) is 35.0. The van der Waals surface area contributed by atoms with Crippen molar-refractivity contribution in [3.8, 4) is 5.69 Å². The molecule has 0 aliphatic carbocycles. The predicted octanol–water partition coefficient (Wildman–Crippen LogP) is 2.40. The van der Waals surface area contributed by atoms with Crippen LogP contribution in [0.15, 0.2) is 35.1 Å². The van der Waals surface area contributed by atoms with E-state index in [0.29, 0.717) is 0 Å². The molecule has 1 atom stereocenters. The second kappa shape index (κ2) is 8.24. The Morgan fingerprint density at radius 1 is 1.29 bits per heavy atom. The summed E-state index contributed by atoms with van der Waals surface area (Å²) in [6, 6.07) is 5.43. The van der Waals surface area contributed by atoms with Gasteiger partial charge in [-0.15, -0.1) is 0 Å². The van der Waals surface area contributed by atoms with E-state index in [0.717, 1.165) is 22.9 Å². The molecule has 28 heavy (non-hydrogen) atoms. The van der Waals surface area contributed by atoms with Crippen molar-refractivity contribution in [1.29, 1.82) is 0 Å². The van der Waals surface area contributed by atoms with Gasteiger partial charge in [-0.05, 0) is 31.0 Å². The molecule has 0 fully saturated rings. The number of nitrogens with zero attached hydrogens (tertiary/aromatic N) is 2. The molecular weight excluding hydrogens is 379 g/mol. The van der Waals surface area contributed by atoms with Crippen molar-refractivity contribution in [2.75, 3.05) is 6.54 Å². The first kappa shape index (κ1) is 21.1. The highest BCUT2D eigenvalue weighted by molar-refractivity contribution is 5.92. The average Bonchev–Trinajstić information content (AvgIpc) is 2.58. The molecule has 0 aliphatic heterocycles. The van der Waals surface area contributed by atoms with Crippen LogP contribution in [0.4, 0.5) is 13.2 Å². The molecule has 2 N–H and O–H groups in total. The molecule has 150 valence electrons. The van der Waals surface area contributed by atoms with E-state index >= 15 is 0 Å². The van der Waals surface area contributed by atoms with Crippen molar-refractivity contribution < 1.29 is 27.9 Å². The Labute approximate surface area is 157 Å². The van der Waals surface area contributed by atoms with Crippen LogP contribution in [0, 0.1) is 12.8 Å². The van der Waals surface area contributed by atoms with Gasteiger partial charge in [0.2, 0.25) is 5.43 Å². The van der Waals surface area contributed by atoms with E-state index < -0.39 is 34.7 Å². The van der Waals surface area contributed by atoms with Gasteiger partial charge in [-0.2, -0.15) is 18.3 Å². The van der Waals surface area contributed by atoms with Gasteiger partial charge >= 0.3 is 12.1 Å². The molecule has 0 bridgehead atoms. The van der Waals surface area contributed by atoms with Crippen LogP contribution >= 0.6 is 0 Å². The SMILES string of the molecule is Cc1cc(=O)c(C(=O)NCC(C)CC(=O)O)nn1-c1cccc(C(F)(F)F)c1. The molecule has 1 unspecified atom stereocenters. The lowest BCUT2D eigenvalue weighted by atomic mass is 10.1. The summed E-state index contributed by atoms with van der Waals surface area (Å²) >= 11 is 0. The molecule has 0 saturated carbocycles. The van der Waals surface area contributed by atoms with Gasteiger partial charge in [0.05, 0.1) is 11.3 Å². The van der Waals surface area contributed by atoms with Crippen LogP contribution in [0.25, 0.3) is 5.69 Å². The summed E-state index contributed by atoms with van der Waals surface area (Å²) in [5.74, 6) is -2.23. The van der Waals surface area contributed by atoms with Gasteiger partial charge in [0, 0.05) is 24.7 Å².